The Morgan fingerprint density at radius 2 is 0.789 bits per heavy atom. The summed E-state index contributed by atoms with van der Waals surface area (Å²) >= 11 is 1.65. The molecule has 7 atom stereocenters. The molecular formula is C65H119NO9S. The van der Waals surface area contributed by atoms with Crippen LogP contribution >= 0.6 is 11.8 Å². The van der Waals surface area contributed by atoms with Crippen molar-refractivity contribution < 1.29 is 42.9 Å². The second-order valence-corrected chi connectivity index (χ2v) is 25.8. The standard InChI is InChI=1S/C65H119NO9S/c1-7-11-15-19-23-27-31-35-39-46-57(67)71-52-55-61(73-58(68)47-40-36-32-28-24-20-16-12-8-2)62(74-59(69)48-41-37-33-29-25-21-17-13-9-3)63(75-60(70)49-42-38-34-30-26-22-18-14-10-4)64(72-55)76-56-50-54(51-65(56,5)6)66-53-44-43-45-53/h53-56,61-64,66H,7-52H2,1-6H3/t54-,55+,56+,61-,62-,63+,64-/m0/s1. The van der Waals surface area contributed by atoms with Crippen LogP contribution in [0.3, 0.4) is 0 Å². The number of hydrogen-bond acceptors (Lipinski definition) is 11. The molecule has 0 aromatic carbocycles. The minimum atomic E-state index is -1.13. The van der Waals surface area contributed by atoms with Crippen molar-refractivity contribution in [2.45, 2.75) is 378 Å². The second-order valence-electron chi connectivity index (χ2n) is 24.4. The van der Waals surface area contributed by atoms with Crippen LogP contribution in [0.5, 0.6) is 0 Å². The Morgan fingerprint density at radius 1 is 0.447 bits per heavy atom. The van der Waals surface area contributed by atoms with Crippen LogP contribution in [-0.4, -0.2) is 77.7 Å². The topological polar surface area (TPSA) is 126 Å². The summed E-state index contributed by atoms with van der Waals surface area (Å²) in [5.41, 5.74) is -0.823. The van der Waals surface area contributed by atoms with Crippen molar-refractivity contribution in [3.05, 3.63) is 0 Å². The Labute approximate surface area is 471 Å². The van der Waals surface area contributed by atoms with Crippen molar-refractivity contribution in [2.24, 2.45) is 5.41 Å². The molecule has 10 nitrogen and oxygen atoms in total. The summed E-state index contributed by atoms with van der Waals surface area (Å²) in [5.74, 6) is -1.48. The largest absolute Gasteiger partial charge is 0.463 e. The van der Waals surface area contributed by atoms with Crippen LogP contribution in [0.4, 0.5) is 0 Å². The fourth-order valence-electron chi connectivity index (χ4n) is 11.6. The predicted molar refractivity (Wildman–Crippen MR) is 316 cm³/mol. The number of thioether (sulfide) groups is 1. The van der Waals surface area contributed by atoms with Gasteiger partial charge in [0.25, 0.3) is 0 Å². The molecule has 0 amide bonds. The van der Waals surface area contributed by atoms with Crippen LogP contribution in [-0.2, 0) is 42.9 Å². The van der Waals surface area contributed by atoms with Gasteiger partial charge in [-0.25, -0.2) is 0 Å². The van der Waals surface area contributed by atoms with E-state index in [0.29, 0.717) is 37.8 Å². The summed E-state index contributed by atoms with van der Waals surface area (Å²) in [7, 11) is 0. The summed E-state index contributed by atoms with van der Waals surface area (Å²) in [4.78, 5) is 56.0. The minimum absolute atomic E-state index is 0.0704. The van der Waals surface area contributed by atoms with E-state index in [2.05, 4.69) is 46.9 Å². The molecule has 0 bridgehead atoms. The third-order valence-electron chi connectivity index (χ3n) is 16.8. The van der Waals surface area contributed by atoms with Gasteiger partial charge in [0.05, 0.1) is 0 Å². The third kappa shape index (κ3) is 31.2. The number of unbranched alkanes of at least 4 members (excludes halogenated alkanes) is 32. The third-order valence-corrected chi connectivity index (χ3v) is 18.6. The first-order chi connectivity index (χ1) is 37.0. The Hall–Kier alpha value is -1.85. The first-order valence-electron chi connectivity index (χ1n) is 32.8. The van der Waals surface area contributed by atoms with E-state index < -0.39 is 41.8 Å². The number of carbonyl (C=O) groups is 4. The van der Waals surface area contributed by atoms with Crippen molar-refractivity contribution in [3.63, 3.8) is 0 Å². The van der Waals surface area contributed by atoms with Gasteiger partial charge in [0.15, 0.2) is 18.3 Å². The van der Waals surface area contributed by atoms with E-state index in [1.807, 2.05) is 0 Å². The lowest BCUT2D eigenvalue weighted by atomic mass is 9.90. The zero-order chi connectivity index (χ0) is 54.9. The van der Waals surface area contributed by atoms with Gasteiger partial charge in [-0.2, -0.15) is 0 Å². The normalized spacial score (nSPS) is 22.3. The van der Waals surface area contributed by atoms with E-state index in [9.17, 15) is 19.2 Å². The lowest BCUT2D eigenvalue weighted by Gasteiger charge is -2.45. The van der Waals surface area contributed by atoms with Gasteiger partial charge in [-0.3, -0.25) is 19.2 Å². The first-order valence-corrected chi connectivity index (χ1v) is 33.8. The summed E-state index contributed by atoms with van der Waals surface area (Å²) in [6, 6.07) is 0.909. The van der Waals surface area contributed by atoms with E-state index in [1.54, 1.807) is 11.8 Å². The monoisotopic (exact) mass is 1090 g/mol. The predicted octanol–water partition coefficient (Wildman–Crippen LogP) is 18.1. The van der Waals surface area contributed by atoms with Gasteiger partial charge >= 0.3 is 23.9 Å². The molecule has 1 heterocycles. The molecular weight excluding hydrogens is 971 g/mol. The summed E-state index contributed by atoms with van der Waals surface area (Å²) in [6.07, 6.45) is 43.0. The van der Waals surface area contributed by atoms with Gasteiger partial charge in [-0.05, 0) is 56.8 Å². The molecule has 76 heavy (non-hydrogen) atoms. The number of rotatable bonds is 49. The molecule has 0 spiro atoms. The van der Waals surface area contributed by atoms with Crippen LogP contribution < -0.4 is 5.32 Å². The molecule has 3 aliphatic rings. The Bertz CT molecular complexity index is 1470. The number of carbonyl (C=O) groups excluding carboxylic acids is 4. The zero-order valence-electron chi connectivity index (χ0n) is 50.2. The highest BCUT2D eigenvalue weighted by atomic mass is 32.2. The average molecular weight is 1090 g/mol. The van der Waals surface area contributed by atoms with E-state index >= 15 is 0 Å². The quantitative estimate of drug-likeness (QED) is 0.0355. The Balaban J connectivity index is 1.88. The fourth-order valence-corrected chi connectivity index (χ4v) is 13.3. The molecule has 0 unspecified atom stereocenters. The van der Waals surface area contributed by atoms with Crippen LogP contribution in [0.2, 0.25) is 0 Å². The van der Waals surface area contributed by atoms with Crippen molar-refractivity contribution in [1.82, 2.24) is 5.32 Å². The maximum absolute atomic E-state index is 14.2. The van der Waals surface area contributed by atoms with Crippen LogP contribution in [0.25, 0.3) is 0 Å². The summed E-state index contributed by atoms with van der Waals surface area (Å²) in [6.45, 7) is 13.4. The molecule has 1 N–H and O–H groups in total. The molecule has 1 saturated heterocycles. The van der Waals surface area contributed by atoms with Crippen LogP contribution in [0, 0.1) is 5.41 Å². The molecule has 1 aliphatic heterocycles. The van der Waals surface area contributed by atoms with Gasteiger partial charge in [0, 0.05) is 43.0 Å². The SMILES string of the molecule is CCCCCCCCCCCC(=O)OC[C@H]1O[C@@H](S[C@@H]2C[C@H](NC3CCC3)CC2(C)C)[C@H](OC(=O)CCCCCCCCCCC)[C@@H](OC(=O)CCCCCCCCCCC)[C@H]1OC(=O)CCCCCCCCCCC. The molecule has 444 valence electrons. The second kappa shape index (κ2) is 43.9. The smallest absolute Gasteiger partial charge is 0.306 e. The van der Waals surface area contributed by atoms with E-state index in [4.69, 9.17) is 23.7 Å². The van der Waals surface area contributed by atoms with E-state index in [-0.39, 0.29) is 48.5 Å². The Morgan fingerprint density at radius 3 is 1.16 bits per heavy atom. The molecule has 3 fully saturated rings. The molecule has 2 aliphatic carbocycles. The van der Waals surface area contributed by atoms with Crippen molar-refractivity contribution >= 4 is 35.6 Å². The summed E-state index contributed by atoms with van der Waals surface area (Å²) < 4.78 is 32.7. The van der Waals surface area contributed by atoms with Crippen molar-refractivity contribution in [3.8, 4) is 0 Å². The van der Waals surface area contributed by atoms with Crippen LogP contribution in [0.15, 0.2) is 0 Å². The van der Waals surface area contributed by atoms with Gasteiger partial charge in [-0.1, -0.05) is 253 Å². The Kier molecular flexibility index (Phi) is 39.5. The molecule has 0 aromatic rings. The number of ether oxygens (including phenoxy) is 5. The van der Waals surface area contributed by atoms with Crippen molar-refractivity contribution in [2.75, 3.05) is 6.61 Å². The van der Waals surface area contributed by atoms with Gasteiger partial charge in [0.2, 0.25) is 0 Å². The number of hydrogen-bond donors (Lipinski definition) is 1. The van der Waals surface area contributed by atoms with Crippen LogP contribution in [0.1, 0.15) is 330 Å². The zero-order valence-corrected chi connectivity index (χ0v) is 51.0. The van der Waals surface area contributed by atoms with E-state index in [0.717, 1.165) is 89.9 Å². The number of nitrogens with one attached hydrogen (secondary N) is 1. The first kappa shape index (κ1) is 68.4. The lowest BCUT2D eigenvalue weighted by Crippen LogP contribution is -2.62. The maximum Gasteiger partial charge on any atom is 0.306 e. The van der Waals surface area contributed by atoms with E-state index in [1.165, 1.54) is 154 Å². The average Bonchev–Trinajstić information content (AvgIpc) is 3.67. The fraction of sp³-hybridized carbons (Fsp3) is 0.938. The van der Waals surface area contributed by atoms with Gasteiger partial charge in [-0.15, -0.1) is 11.8 Å². The summed E-state index contributed by atoms with van der Waals surface area (Å²) in [5, 5.41) is 4.06. The molecule has 0 radical (unpaired) electrons. The highest BCUT2D eigenvalue weighted by Gasteiger charge is 2.55. The number of esters is 4. The lowest BCUT2D eigenvalue weighted by molar-refractivity contribution is -0.239. The van der Waals surface area contributed by atoms with Crippen molar-refractivity contribution in [1.29, 1.82) is 0 Å². The molecule has 11 heteroatoms. The van der Waals surface area contributed by atoms with Gasteiger partial charge in [0.1, 0.15) is 18.1 Å². The highest BCUT2D eigenvalue weighted by molar-refractivity contribution is 8.00. The maximum atomic E-state index is 14.2. The highest BCUT2D eigenvalue weighted by Crippen LogP contribution is 2.49. The molecule has 3 rings (SSSR count). The minimum Gasteiger partial charge on any atom is -0.463 e. The molecule has 0 aromatic heterocycles. The van der Waals surface area contributed by atoms with Gasteiger partial charge < -0.3 is 29.0 Å². The molecule has 2 saturated carbocycles.